The number of rotatable bonds is 10. The molecule has 120 valence electrons. The normalized spacial score (nSPS) is 11.6. The molecule has 21 heavy (non-hydrogen) atoms. The molecule has 0 saturated heterocycles. The van der Waals surface area contributed by atoms with Gasteiger partial charge < -0.3 is 10.1 Å². The Balaban J connectivity index is 2.42. The van der Waals surface area contributed by atoms with Crippen molar-refractivity contribution in [3.8, 4) is 5.88 Å². The molecule has 1 rings (SSSR count). The maximum Gasteiger partial charge on any atom is 0.213 e. The first-order chi connectivity index (χ1) is 10.0. The zero-order valence-electron chi connectivity index (χ0n) is 14.2. The second-order valence-corrected chi connectivity index (χ2v) is 5.92. The summed E-state index contributed by atoms with van der Waals surface area (Å²) >= 11 is 0. The van der Waals surface area contributed by atoms with Gasteiger partial charge in [-0.25, -0.2) is 4.98 Å². The van der Waals surface area contributed by atoms with Crippen LogP contribution in [0.4, 0.5) is 0 Å². The third-order valence-corrected chi connectivity index (χ3v) is 3.44. The molecule has 4 nitrogen and oxygen atoms in total. The zero-order chi connectivity index (χ0) is 15.7. The highest BCUT2D eigenvalue weighted by atomic mass is 16.5. The van der Waals surface area contributed by atoms with Gasteiger partial charge >= 0.3 is 0 Å². The average Bonchev–Trinajstić information content (AvgIpc) is 2.43. The molecule has 0 atom stereocenters. The van der Waals surface area contributed by atoms with Crippen LogP contribution in [0.1, 0.15) is 46.7 Å². The fraction of sp³-hybridized carbons (Fsp3) is 0.706. The molecule has 0 amide bonds. The Bertz CT molecular complexity index is 385. The predicted molar refractivity (Wildman–Crippen MR) is 88.7 cm³/mol. The Morgan fingerprint density at radius 2 is 1.90 bits per heavy atom. The van der Waals surface area contributed by atoms with E-state index in [1.165, 1.54) is 0 Å². The van der Waals surface area contributed by atoms with E-state index in [-0.39, 0.29) is 0 Å². The number of hydrogen-bond acceptors (Lipinski definition) is 4. The van der Waals surface area contributed by atoms with Crippen molar-refractivity contribution in [2.45, 2.75) is 59.7 Å². The lowest BCUT2D eigenvalue weighted by molar-refractivity contribution is 0.140. The number of aromatic nitrogens is 1. The summed E-state index contributed by atoms with van der Waals surface area (Å²) in [6.45, 7) is 14.5. The molecule has 0 aliphatic carbocycles. The number of pyridine rings is 1. The van der Waals surface area contributed by atoms with Gasteiger partial charge in [0.1, 0.15) is 6.61 Å². The van der Waals surface area contributed by atoms with E-state index in [0.29, 0.717) is 18.7 Å². The SMILES string of the molecule is CCCNCc1cccc(OCCN(C(C)C)C(C)C)n1. The largest absolute Gasteiger partial charge is 0.476 e. The van der Waals surface area contributed by atoms with Crippen LogP contribution < -0.4 is 10.1 Å². The van der Waals surface area contributed by atoms with Crippen molar-refractivity contribution in [2.75, 3.05) is 19.7 Å². The van der Waals surface area contributed by atoms with Gasteiger partial charge in [-0.15, -0.1) is 0 Å². The van der Waals surface area contributed by atoms with Gasteiger partial charge in [0.25, 0.3) is 0 Å². The van der Waals surface area contributed by atoms with Crippen LogP contribution in [0.5, 0.6) is 5.88 Å². The van der Waals surface area contributed by atoms with Crippen molar-refractivity contribution in [1.82, 2.24) is 15.2 Å². The summed E-state index contributed by atoms with van der Waals surface area (Å²) in [4.78, 5) is 6.95. The molecule has 1 aromatic rings. The third-order valence-electron chi connectivity index (χ3n) is 3.44. The van der Waals surface area contributed by atoms with Crippen LogP contribution in [-0.4, -0.2) is 41.7 Å². The van der Waals surface area contributed by atoms with Crippen molar-refractivity contribution in [3.05, 3.63) is 23.9 Å². The fourth-order valence-corrected chi connectivity index (χ4v) is 2.40. The summed E-state index contributed by atoms with van der Waals surface area (Å²) in [5, 5.41) is 3.36. The van der Waals surface area contributed by atoms with Crippen LogP contribution in [0.15, 0.2) is 18.2 Å². The van der Waals surface area contributed by atoms with Crippen molar-refractivity contribution in [1.29, 1.82) is 0 Å². The van der Waals surface area contributed by atoms with Gasteiger partial charge in [-0.3, -0.25) is 4.90 Å². The molecule has 1 aromatic heterocycles. The highest BCUT2D eigenvalue weighted by Crippen LogP contribution is 2.09. The Morgan fingerprint density at radius 3 is 2.52 bits per heavy atom. The van der Waals surface area contributed by atoms with E-state index in [1.807, 2.05) is 18.2 Å². The molecule has 1 N–H and O–H groups in total. The Morgan fingerprint density at radius 1 is 1.19 bits per heavy atom. The lowest BCUT2D eigenvalue weighted by atomic mass is 10.2. The van der Waals surface area contributed by atoms with Crippen molar-refractivity contribution < 1.29 is 4.74 Å². The third kappa shape index (κ3) is 6.91. The van der Waals surface area contributed by atoms with E-state index in [0.717, 1.165) is 37.6 Å². The van der Waals surface area contributed by atoms with Crippen LogP contribution in [0.3, 0.4) is 0 Å². The fourth-order valence-electron chi connectivity index (χ4n) is 2.40. The van der Waals surface area contributed by atoms with Gasteiger partial charge in [0.05, 0.1) is 5.69 Å². The molecule has 0 aromatic carbocycles. The maximum absolute atomic E-state index is 5.80. The minimum atomic E-state index is 0.533. The Kier molecular flexibility index (Phi) is 8.31. The Labute approximate surface area is 129 Å². The zero-order valence-corrected chi connectivity index (χ0v) is 14.2. The van der Waals surface area contributed by atoms with E-state index in [2.05, 4.69) is 49.8 Å². The molecule has 0 bridgehead atoms. The van der Waals surface area contributed by atoms with Crippen molar-refractivity contribution in [3.63, 3.8) is 0 Å². The molecule has 0 aliphatic rings. The first-order valence-corrected chi connectivity index (χ1v) is 8.09. The van der Waals surface area contributed by atoms with E-state index in [9.17, 15) is 0 Å². The molecule has 0 aliphatic heterocycles. The quantitative estimate of drug-likeness (QED) is 0.673. The van der Waals surface area contributed by atoms with Crippen LogP contribution in [-0.2, 0) is 6.54 Å². The maximum atomic E-state index is 5.80. The lowest BCUT2D eigenvalue weighted by Gasteiger charge is -2.30. The first kappa shape index (κ1) is 17.9. The van der Waals surface area contributed by atoms with Crippen LogP contribution in [0, 0.1) is 0 Å². The molecular weight excluding hydrogens is 262 g/mol. The minimum absolute atomic E-state index is 0.533. The molecule has 1 heterocycles. The van der Waals surface area contributed by atoms with Crippen LogP contribution in [0.25, 0.3) is 0 Å². The van der Waals surface area contributed by atoms with E-state index in [4.69, 9.17) is 4.74 Å². The van der Waals surface area contributed by atoms with E-state index >= 15 is 0 Å². The number of nitrogens with zero attached hydrogens (tertiary/aromatic N) is 2. The van der Waals surface area contributed by atoms with Gasteiger partial charge in [0.2, 0.25) is 5.88 Å². The molecule has 0 fully saturated rings. The lowest BCUT2D eigenvalue weighted by Crippen LogP contribution is -2.39. The van der Waals surface area contributed by atoms with Gasteiger partial charge in [-0.1, -0.05) is 13.0 Å². The highest BCUT2D eigenvalue weighted by molar-refractivity contribution is 5.15. The smallest absolute Gasteiger partial charge is 0.213 e. The molecule has 0 unspecified atom stereocenters. The molecule has 0 spiro atoms. The monoisotopic (exact) mass is 293 g/mol. The highest BCUT2D eigenvalue weighted by Gasteiger charge is 2.12. The average molecular weight is 293 g/mol. The topological polar surface area (TPSA) is 37.4 Å². The predicted octanol–water partition coefficient (Wildman–Crippen LogP) is 3.08. The summed E-state index contributed by atoms with van der Waals surface area (Å²) < 4.78 is 5.80. The van der Waals surface area contributed by atoms with Gasteiger partial charge in [-0.05, 0) is 46.7 Å². The van der Waals surface area contributed by atoms with Crippen molar-refractivity contribution in [2.24, 2.45) is 0 Å². The second-order valence-electron chi connectivity index (χ2n) is 5.92. The first-order valence-electron chi connectivity index (χ1n) is 8.09. The minimum Gasteiger partial charge on any atom is -0.476 e. The number of hydrogen-bond donors (Lipinski definition) is 1. The summed E-state index contributed by atoms with van der Waals surface area (Å²) in [5.41, 5.74) is 1.03. The summed E-state index contributed by atoms with van der Waals surface area (Å²) in [6.07, 6.45) is 1.14. The van der Waals surface area contributed by atoms with Gasteiger partial charge in [0.15, 0.2) is 0 Å². The molecule has 0 saturated carbocycles. The number of ether oxygens (including phenoxy) is 1. The van der Waals surface area contributed by atoms with E-state index < -0.39 is 0 Å². The molecule has 4 heteroatoms. The number of nitrogens with one attached hydrogen (secondary N) is 1. The molecule has 0 radical (unpaired) electrons. The van der Waals surface area contributed by atoms with Gasteiger partial charge in [-0.2, -0.15) is 0 Å². The van der Waals surface area contributed by atoms with Gasteiger partial charge in [0, 0.05) is 31.2 Å². The van der Waals surface area contributed by atoms with Crippen LogP contribution >= 0.6 is 0 Å². The second kappa shape index (κ2) is 9.74. The summed E-state index contributed by atoms with van der Waals surface area (Å²) in [5.74, 6) is 0.721. The van der Waals surface area contributed by atoms with Crippen LogP contribution in [0.2, 0.25) is 0 Å². The Hall–Kier alpha value is -1.13. The van der Waals surface area contributed by atoms with Crippen molar-refractivity contribution >= 4 is 0 Å². The van der Waals surface area contributed by atoms with E-state index in [1.54, 1.807) is 0 Å². The standard InChI is InChI=1S/C17H31N3O/c1-6-10-18-13-16-8-7-9-17(19-16)21-12-11-20(14(2)3)15(4)5/h7-9,14-15,18H,6,10-13H2,1-5H3. The molecular formula is C17H31N3O. The summed E-state index contributed by atoms with van der Waals surface area (Å²) in [7, 11) is 0. The summed E-state index contributed by atoms with van der Waals surface area (Å²) in [6, 6.07) is 7.04.